The second kappa shape index (κ2) is 6.72. The number of carbonyl (C=O) groups excluding carboxylic acids is 1. The molecule has 2 aliphatic rings. The standard InChI is InChI=1S/C19H24N4O3/c1-26-16-9-14(10-20-11-16)17(13-7-15(24)8-13)22-18(25)19(3-4-19)12-23-6-2-5-21-23/h2,5-6,9-11,13,15,17,24H,3-4,7-8,12H2,1H3,(H,22,25)/t13?,15?,17-/m0/s1. The van der Waals surface area contributed by atoms with Gasteiger partial charge in [-0.3, -0.25) is 14.5 Å². The first kappa shape index (κ1) is 17.0. The lowest BCUT2D eigenvalue weighted by molar-refractivity contribution is -0.129. The lowest BCUT2D eigenvalue weighted by atomic mass is 9.75. The summed E-state index contributed by atoms with van der Waals surface area (Å²) in [5.74, 6) is 0.935. The number of rotatable bonds is 7. The molecule has 0 aromatic carbocycles. The van der Waals surface area contributed by atoms with E-state index in [0.29, 0.717) is 25.1 Å². The number of carbonyl (C=O) groups is 1. The Labute approximate surface area is 152 Å². The van der Waals surface area contributed by atoms with Crippen LogP contribution in [0, 0.1) is 11.3 Å². The zero-order chi connectivity index (χ0) is 18.1. The molecular weight excluding hydrogens is 332 g/mol. The average molecular weight is 356 g/mol. The summed E-state index contributed by atoms with van der Waals surface area (Å²) >= 11 is 0. The summed E-state index contributed by atoms with van der Waals surface area (Å²) in [6, 6.07) is 3.62. The highest BCUT2D eigenvalue weighted by atomic mass is 16.5. The molecule has 2 aliphatic carbocycles. The SMILES string of the molecule is COc1cncc([C@@H](NC(=O)C2(Cn3cccn3)CC2)C2CC(O)C2)c1. The third kappa shape index (κ3) is 3.31. The molecule has 1 amide bonds. The van der Waals surface area contributed by atoms with E-state index < -0.39 is 0 Å². The van der Waals surface area contributed by atoms with Crippen molar-refractivity contribution >= 4 is 5.91 Å². The van der Waals surface area contributed by atoms with Gasteiger partial charge in [0.1, 0.15) is 5.75 Å². The molecule has 7 nitrogen and oxygen atoms in total. The van der Waals surface area contributed by atoms with Gasteiger partial charge in [0.2, 0.25) is 5.91 Å². The molecule has 138 valence electrons. The van der Waals surface area contributed by atoms with E-state index in [1.807, 2.05) is 23.0 Å². The first-order valence-electron chi connectivity index (χ1n) is 9.05. The van der Waals surface area contributed by atoms with Gasteiger partial charge in [-0.15, -0.1) is 0 Å². The van der Waals surface area contributed by atoms with Crippen LogP contribution in [-0.4, -0.2) is 39.0 Å². The monoisotopic (exact) mass is 356 g/mol. The normalized spacial score (nSPS) is 24.4. The third-order valence-electron chi connectivity index (χ3n) is 5.60. The number of amides is 1. The number of nitrogens with zero attached hydrogens (tertiary/aromatic N) is 3. The maximum absolute atomic E-state index is 13.1. The van der Waals surface area contributed by atoms with Crippen molar-refractivity contribution in [2.75, 3.05) is 7.11 Å². The van der Waals surface area contributed by atoms with Crippen molar-refractivity contribution < 1.29 is 14.6 Å². The van der Waals surface area contributed by atoms with E-state index in [9.17, 15) is 9.90 Å². The molecule has 7 heteroatoms. The highest BCUT2D eigenvalue weighted by Gasteiger charge is 2.51. The van der Waals surface area contributed by atoms with Gasteiger partial charge in [-0.2, -0.15) is 5.10 Å². The lowest BCUT2D eigenvalue weighted by Gasteiger charge is -2.38. The van der Waals surface area contributed by atoms with Crippen molar-refractivity contribution in [3.8, 4) is 5.75 Å². The highest BCUT2D eigenvalue weighted by Crippen LogP contribution is 2.48. The minimum absolute atomic E-state index is 0.0576. The fraction of sp³-hybridized carbons (Fsp3) is 0.526. The van der Waals surface area contributed by atoms with Gasteiger partial charge >= 0.3 is 0 Å². The number of methoxy groups -OCH3 is 1. The first-order chi connectivity index (χ1) is 12.6. The molecule has 2 heterocycles. The molecule has 2 aromatic rings. The molecule has 2 N–H and O–H groups in total. The summed E-state index contributed by atoms with van der Waals surface area (Å²) in [5, 5.41) is 17.2. The Kier molecular flexibility index (Phi) is 4.40. The fourth-order valence-corrected chi connectivity index (χ4v) is 3.70. The van der Waals surface area contributed by atoms with Crippen LogP contribution in [0.3, 0.4) is 0 Å². The van der Waals surface area contributed by atoms with E-state index in [4.69, 9.17) is 4.74 Å². The van der Waals surface area contributed by atoms with Gasteiger partial charge in [-0.05, 0) is 49.3 Å². The molecule has 2 fully saturated rings. The van der Waals surface area contributed by atoms with Crippen LogP contribution in [0.2, 0.25) is 0 Å². The molecule has 26 heavy (non-hydrogen) atoms. The number of aromatic nitrogens is 3. The minimum Gasteiger partial charge on any atom is -0.495 e. The van der Waals surface area contributed by atoms with Gasteiger partial charge in [-0.1, -0.05) is 0 Å². The average Bonchev–Trinajstić information content (AvgIpc) is 3.23. The molecule has 2 saturated carbocycles. The van der Waals surface area contributed by atoms with Crippen LogP contribution >= 0.6 is 0 Å². The van der Waals surface area contributed by atoms with E-state index in [2.05, 4.69) is 15.4 Å². The van der Waals surface area contributed by atoms with Gasteiger partial charge in [0.15, 0.2) is 0 Å². The number of pyridine rings is 1. The van der Waals surface area contributed by atoms with Gasteiger partial charge in [0, 0.05) is 18.6 Å². The molecular formula is C19H24N4O3. The topological polar surface area (TPSA) is 89.3 Å². The van der Waals surface area contributed by atoms with E-state index >= 15 is 0 Å². The highest BCUT2D eigenvalue weighted by molar-refractivity contribution is 5.85. The van der Waals surface area contributed by atoms with Crippen LogP contribution in [0.5, 0.6) is 5.75 Å². The second-order valence-corrected chi connectivity index (χ2v) is 7.48. The van der Waals surface area contributed by atoms with Crippen LogP contribution in [0.1, 0.15) is 37.3 Å². The van der Waals surface area contributed by atoms with Crippen LogP contribution < -0.4 is 10.1 Å². The van der Waals surface area contributed by atoms with Crippen LogP contribution in [0.4, 0.5) is 0 Å². The summed E-state index contributed by atoms with van der Waals surface area (Å²) < 4.78 is 7.10. The zero-order valence-corrected chi connectivity index (χ0v) is 14.8. The Morgan fingerprint density at radius 1 is 1.46 bits per heavy atom. The molecule has 4 rings (SSSR count). The smallest absolute Gasteiger partial charge is 0.228 e. The molecule has 0 spiro atoms. The predicted octanol–water partition coefficient (Wildman–Crippen LogP) is 1.70. The zero-order valence-electron chi connectivity index (χ0n) is 14.8. The van der Waals surface area contributed by atoms with Crippen molar-refractivity contribution in [2.45, 2.75) is 44.4 Å². The Bertz CT molecular complexity index is 767. The number of aliphatic hydroxyl groups is 1. The van der Waals surface area contributed by atoms with Gasteiger partial charge in [0.25, 0.3) is 0 Å². The number of ether oxygens (including phenoxy) is 1. The van der Waals surface area contributed by atoms with Gasteiger partial charge < -0.3 is 15.2 Å². The quantitative estimate of drug-likeness (QED) is 0.788. The van der Waals surface area contributed by atoms with E-state index in [-0.39, 0.29) is 29.4 Å². The maximum atomic E-state index is 13.1. The number of nitrogens with one attached hydrogen (secondary N) is 1. The van der Waals surface area contributed by atoms with Crippen molar-refractivity contribution in [1.29, 1.82) is 0 Å². The van der Waals surface area contributed by atoms with Crippen molar-refractivity contribution in [1.82, 2.24) is 20.1 Å². The molecule has 0 saturated heterocycles. The third-order valence-corrected chi connectivity index (χ3v) is 5.60. The second-order valence-electron chi connectivity index (χ2n) is 7.48. The summed E-state index contributed by atoms with van der Waals surface area (Å²) in [7, 11) is 1.60. The minimum atomic E-state index is -0.376. The fourth-order valence-electron chi connectivity index (χ4n) is 3.70. The van der Waals surface area contributed by atoms with Gasteiger partial charge in [0.05, 0.1) is 37.4 Å². The summed E-state index contributed by atoms with van der Waals surface area (Å²) in [5.41, 5.74) is 0.545. The number of hydrogen-bond donors (Lipinski definition) is 2. The Balaban J connectivity index is 1.52. The van der Waals surface area contributed by atoms with Crippen molar-refractivity contribution in [3.05, 3.63) is 42.5 Å². The molecule has 0 unspecified atom stereocenters. The summed E-state index contributed by atoms with van der Waals surface area (Å²) in [6.07, 6.45) is 9.88. The predicted molar refractivity (Wildman–Crippen MR) is 94.3 cm³/mol. The number of aliphatic hydroxyl groups excluding tert-OH is 1. The molecule has 0 radical (unpaired) electrons. The van der Waals surface area contributed by atoms with Gasteiger partial charge in [-0.25, -0.2) is 0 Å². The van der Waals surface area contributed by atoms with E-state index in [0.717, 1.165) is 18.4 Å². The van der Waals surface area contributed by atoms with Crippen LogP contribution in [-0.2, 0) is 11.3 Å². The van der Waals surface area contributed by atoms with Crippen molar-refractivity contribution in [2.24, 2.45) is 11.3 Å². The first-order valence-corrected chi connectivity index (χ1v) is 9.05. The summed E-state index contributed by atoms with van der Waals surface area (Å²) in [4.78, 5) is 17.3. The van der Waals surface area contributed by atoms with Crippen molar-refractivity contribution in [3.63, 3.8) is 0 Å². The Morgan fingerprint density at radius 3 is 2.88 bits per heavy atom. The molecule has 0 bridgehead atoms. The lowest BCUT2D eigenvalue weighted by Crippen LogP contribution is -2.44. The van der Waals surface area contributed by atoms with Crippen LogP contribution in [0.25, 0.3) is 0 Å². The summed E-state index contributed by atoms with van der Waals surface area (Å²) in [6.45, 7) is 0.599. The van der Waals surface area contributed by atoms with E-state index in [1.165, 1.54) is 0 Å². The van der Waals surface area contributed by atoms with E-state index in [1.54, 1.807) is 25.7 Å². The molecule has 0 aliphatic heterocycles. The number of hydrogen-bond acceptors (Lipinski definition) is 5. The maximum Gasteiger partial charge on any atom is 0.228 e. The largest absolute Gasteiger partial charge is 0.495 e. The Morgan fingerprint density at radius 2 is 2.27 bits per heavy atom. The molecule has 1 atom stereocenters. The molecule has 2 aromatic heterocycles. The Hall–Kier alpha value is -2.41. The van der Waals surface area contributed by atoms with Crippen LogP contribution in [0.15, 0.2) is 36.9 Å².